The first-order valence-electron chi connectivity index (χ1n) is 16.6. The van der Waals surface area contributed by atoms with Gasteiger partial charge in [0.15, 0.2) is 11.6 Å². The summed E-state index contributed by atoms with van der Waals surface area (Å²) in [5.41, 5.74) is 4.41. The highest BCUT2D eigenvalue weighted by molar-refractivity contribution is 5.94. The summed E-state index contributed by atoms with van der Waals surface area (Å²) in [6, 6.07) is 15.0. The summed E-state index contributed by atoms with van der Waals surface area (Å²) in [7, 11) is 0. The molecule has 252 valence electrons. The predicted molar refractivity (Wildman–Crippen MR) is 186 cm³/mol. The van der Waals surface area contributed by atoms with Gasteiger partial charge in [-0.3, -0.25) is 19.2 Å². The van der Waals surface area contributed by atoms with Gasteiger partial charge in [0.1, 0.15) is 18.0 Å². The van der Waals surface area contributed by atoms with E-state index in [-0.39, 0.29) is 42.4 Å². The lowest BCUT2D eigenvalue weighted by Gasteiger charge is -2.32. The van der Waals surface area contributed by atoms with Gasteiger partial charge in [0.05, 0.1) is 23.4 Å². The SMILES string of the molecule is C=CCc1c(OC(=O)CCCNCc2ccc(/C=C/C(=O)CO)cc2)ccc2nc3c(cc12)Cn1c-3cc2c(c1=O)CCC(=O)[C@]2(O)CC. The van der Waals surface area contributed by atoms with E-state index in [2.05, 4.69) is 11.9 Å². The molecular weight excluding hydrogens is 622 g/mol. The van der Waals surface area contributed by atoms with Crippen molar-refractivity contribution in [2.45, 2.75) is 64.1 Å². The van der Waals surface area contributed by atoms with Crippen LogP contribution >= 0.6 is 0 Å². The second-order valence-corrected chi connectivity index (χ2v) is 12.5. The Kier molecular flexibility index (Phi) is 9.82. The average molecular weight is 662 g/mol. The van der Waals surface area contributed by atoms with Crippen molar-refractivity contribution in [3.05, 3.63) is 111 Å². The van der Waals surface area contributed by atoms with E-state index in [1.54, 1.807) is 41.8 Å². The zero-order valence-corrected chi connectivity index (χ0v) is 27.5. The molecule has 10 heteroatoms. The molecule has 4 aromatic rings. The van der Waals surface area contributed by atoms with Crippen molar-refractivity contribution in [3.8, 4) is 17.1 Å². The Balaban J connectivity index is 1.13. The van der Waals surface area contributed by atoms with Gasteiger partial charge in [0, 0.05) is 47.0 Å². The number of allylic oxidation sites excluding steroid dienone is 1. The van der Waals surface area contributed by atoms with E-state index in [0.717, 1.165) is 27.6 Å². The van der Waals surface area contributed by atoms with Gasteiger partial charge in [-0.1, -0.05) is 43.3 Å². The molecule has 6 rings (SSSR count). The van der Waals surface area contributed by atoms with Crippen molar-refractivity contribution in [3.63, 3.8) is 0 Å². The van der Waals surface area contributed by atoms with Crippen molar-refractivity contribution >= 4 is 34.5 Å². The third-order valence-electron chi connectivity index (χ3n) is 9.37. The fourth-order valence-corrected chi connectivity index (χ4v) is 6.68. The highest BCUT2D eigenvalue weighted by Crippen LogP contribution is 2.40. The van der Waals surface area contributed by atoms with Crippen LogP contribution in [0.2, 0.25) is 0 Å². The first-order chi connectivity index (χ1) is 23.7. The van der Waals surface area contributed by atoms with Crippen molar-refractivity contribution < 1.29 is 29.3 Å². The van der Waals surface area contributed by atoms with Crippen LogP contribution in [-0.4, -0.2) is 50.5 Å². The summed E-state index contributed by atoms with van der Waals surface area (Å²) in [4.78, 5) is 55.4. The van der Waals surface area contributed by atoms with E-state index in [1.165, 1.54) is 6.08 Å². The van der Waals surface area contributed by atoms with Crippen LogP contribution in [0.4, 0.5) is 0 Å². The quantitative estimate of drug-likeness (QED) is 0.0552. The number of pyridine rings is 2. The van der Waals surface area contributed by atoms with Crippen LogP contribution in [0.25, 0.3) is 28.4 Å². The number of ketones is 2. The minimum Gasteiger partial charge on any atom is -0.426 e. The van der Waals surface area contributed by atoms with Gasteiger partial charge in [0.2, 0.25) is 0 Å². The van der Waals surface area contributed by atoms with Crippen LogP contribution < -0.4 is 15.6 Å². The number of rotatable bonds is 13. The Morgan fingerprint density at radius 2 is 1.92 bits per heavy atom. The number of benzene rings is 2. The Bertz CT molecular complexity index is 2060. The molecule has 10 nitrogen and oxygen atoms in total. The van der Waals surface area contributed by atoms with Gasteiger partial charge in [-0.25, -0.2) is 4.98 Å². The van der Waals surface area contributed by atoms with Gasteiger partial charge < -0.3 is 24.8 Å². The number of carbonyl (C=O) groups excluding carboxylic acids is 3. The zero-order valence-electron chi connectivity index (χ0n) is 27.5. The number of nitrogens with one attached hydrogen (secondary N) is 1. The molecule has 0 saturated carbocycles. The second kappa shape index (κ2) is 14.2. The molecular formula is C39H39N3O7. The Morgan fingerprint density at radius 3 is 2.65 bits per heavy atom. The molecule has 49 heavy (non-hydrogen) atoms. The molecule has 2 aromatic heterocycles. The number of nitrogens with zero attached hydrogens (tertiary/aromatic N) is 2. The molecule has 0 fully saturated rings. The first kappa shape index (κ1) is 33.9. The standard InChI is InChI=1S/C39H39N3O7/c1-3-6-28-30-19-26-22-42-33(20-31-29(38(42)47)14-17-35(45)39(31,48)4-2)37(26)41-32(30)15-16-34(28)49-36(46)7-5-18-40-21-25-10-8-24(9-11-25)12-13-27(44)23-43/h3,8-13,15-16,19-20,40,43,48H,1,4-7,14,17-18,21-23H2,2H3/b13-12+/t39-/m0/s1. The maximum Gasteiger partial charge on any atom is 0.311 e. The van der Waals surface area contributed by atoms with Crippen LogP contribution in [0.15, 0.2) is 72.1 Å². The van der Waals surface area contributed by atoms with Crippen molar-refractivity contribution in [1.29, 1.82) is 0 Å². The smallest absolute Gasteiger partial charge is 0.311 e. The van der Waals surface area contributed by atoms with Crippen LogP contribution in [0, 0.1) is 0 Å². The lowest BCUT2D eigenvalue weighted by Crippen LogP contribution is -2.43. The lowest BCUT2D eigenvalue weighted by atomic mass is 9.77. The summed E-state index contributed by atoms with van der Waals surface area (Å²) in [5.74, 6) is -0.525. The molecule has 0 amide bonds. The Labute approximate surface area is 283 Å². The maximum atomic E-state index is 13.6. The van der Waals surface area contributed by atoms with E-state index in [1.807, 2.05) is 30.3 Å². The largest absolute Gasteiger partial charge is 0.426 e. The van der Waals surface area contributed by atoms with E-state index >= 15 is 0 Å². The van der Waals surface area contributed by atoms with Crippen LogP contribution in [0.1, 0.15) is 66.0 Å². The fourth-order valence-electron chi connectivity index (χ4n) is 6.68. The summed E-state index contributed by atoms with van der Waals surface area (Å²) in [6.07, 6.45) is 6.63. The minimum atomic E-state index is -1.68. The summed E-state index contributed by atoms with van der Waals surface area (Å²) in [6.45, 7) is 6.68. The van der Waals surface area contributed by atoms with Crippen molar-refractivity contribution in [2.24, 2.45) is 0 Å². The Hall–Kier alpha value is -5.03. The molecule has 0 saturated heterocycles. The van der Waals surface area contributed by atoms with Crippen molar-refractivity contribution in [2.75, 3.05) is 13.2 Å². The molecule has 3 heterocycles. The molecule has 1 aliphatic heterocycles. The number of Topliss-reactive ketones (excluding diaryl/α,β-unsaturated/α-hetero) is 1. The molecule has 2 aliphatic rings. The van der Waals surface area contributed by atoms with Crippen molar-refractivity contribution in [1.82, 2.24) is 14.9 Å². The number of fused-ring (bicyclic) bond motifs is 5. The third kappa shape index (κ3) is 6.67. The summed E-state index contributed by atoms with van der Waals surface area (Å²) in [5, 5.41) is 24.2. The number of hydrogen-bond donors (Lipinski definition) is 3. The molecule has 0 spiro atoms. The van der Waals surface area contributed by atoms with E-state index < -0.39 is 12.2 Å². The highest BCUT2D eigenvalue weighted by atomic mass is 16.5. The normalized spacial score (nSPS) is 16.4. The second-order valence-electron chi connectivity index (χ2n) is 12.5. The number of carbonyl (C=O) groups is 3. The monoisotopic (exact) mass is 661 g/mol. The number of esters is 1. The molecule has 0 bridgehead atoms. The van der Waals surface area contributed by atoms with Gasteiger partial charge in [0.25, 0.3) is 5.56 Å². The molecule has 0 unspecified atom stereocenters. The number of aromatic nitrogens is 2. The van der Waals surface area contributed by atoms with Crippen LogP contribution in [0.5, 0.6) is 5.75 Å². The van der Waals surface area contributed by atoms with Gasteiger partial charge in [-0.15, -0.1) is 6.58 Å². The molecule has 1 aliphatic carbocycles. The van der Waals surface area contributed by atoms with Crippen LogP contribution in [-0.2, 0) is 45.9 Å². The molecule has 2 aromatic carbocycles. The summed E-state index contributed by atoms with van der Waals surface area (Å²) >= 11 is 0. The average Bonchev–Trinajstić information content (AvgIpc) is 3.47. The zero-order chi connectivity index (χ0) is 34.7. The number of hydrogen-bond acceptors (Lipinski definition) is 9. The first-order valence-corrected chi connectivity index (χ1v) is 16.6. The molecule has 3 N–H and O–H groups in total. The topological polar surface area (TPSA) is 148 Å². The third-order valence-corrected chi connectivity index (χ3v) is 9.37. The lowest BCUT2D eigenvalue weighted by molar-refractivity contribution is -0.140. The van der Waals surface area contributed by atoms with Crippen LogP contribution in [0.3, 0.4) is 0 Å². The number of ether oxygens (including phenoxy) is 1. The highest BCUT2D eigenvalue weighted by Gasteiger charge is 2.43. The minimum absolute atomic E-state index is 0.135. The number of aliphatic hydroxyl groups is 2. The van der Waals surface area contributed by atoms with E-state index in [0.29, 0.717) is 72.7 Å². The van der Waals surface area contributed by atoms with Gasteiger partial charge in [-0.05, 0) is 73.7 Å². The van der Waals surface area contributed by atoms with E-state index in [9.17, 15) is 24.3 Å². The van der Waals surface area contributed by atoms with E-state index in [4.69, 9.17) is 14.8 Å². The van der Waals surface area contributed by atoms with Gasteiger partial charge >= 0.3 is 5.97 Å². The number of aliphatic hydroxyl groups excluding tert-OH is 1. The Morgan fingerprint density at radius 1 is 1.12 bits per heavy atom. The van der Waals surface area contributed by atoms with Gasteiger partial charge in [-0.2, -0.15) is 0 Å². The maximum absolute atomic E-state index is 13.6. The molecule has 0 radical (unpaired) electrons. The summed E-state index contributed by atoms with van der Waals surface area (Å²) < 4.78 is 7.51. The molecule has 1 atom stereocenters. The predicted octanol–water partition coefficient (Wildman–Crippen LogP) is 4.32. The fraction of sp³-hybridized carbons (Fsp3) is 0.308.